The van der Waals surface area contributed by atoms with Crippen molar-refractivity contribution >= 4 is 17.7 Å². The first kappa shape index (κ1) is 27.9. The maximum Gasteiger partial charge on any atom is 0.253 e. The molecule has 2 aromatic rings. The molecule has 1 aromatic heterocycles. The average Bonchev–Trinajstić information content (AvgIpc) is 3.36. The summed E-state index contributed by atoms with van der Waals surface area (Å²) in [6.07, 6.45) is 12.7. The minimum Gasteiger partial charge on any atom is -0.356 e. The molecule has 3 aliphatic rings. The second kappa shape index (κ2) is 12.7. The van der Waals surface area contributed by atoms with Gasteiger partial charge < -0.3 is 15.1 Å². The lowest BCUT2D eigenvalue weighted by molar-refractivity contribution is 0.0619. The number of anilines is 2. The Morgan fingerprint density at radius 2 is 1.54 bits per heavy atom. The molecule has 0 saturated carbocycles. The monoisotopic (exact) mass is 532 g/mol. The Morgan fingerprint density at radius 1 is 0.846 bits per heavy atom. The third-order valence-electron chi connectivity index (χ3n) is 8.87. The van der Waals surface area contributed by atoms with Crippen LogP contribution in [0.1, 0.15) is 94.5 Å². The maximum absolute atomic E-state index is 13.2. The van der Waals surface area contributed by atoms with Crippen LogP contribution in [0.5, 0.6) is 0 Å². The molecule has 1 N–H and O–H groups in total. The van der Waals surface area contributed by atoms with Gasteiger partial charge in [-0.05, 0) is 74.2 Å². The van der Waals surface area contributed by atoms with E-state index in [0.29, 0.717) is 12.1 Å². The summed E-state index contributed by atoms with van der Waals surface area (Å²) in [6, 6.07) is 11.2. The minimum atomic E-state index is 0.0987. The molecule has 0 radical (unpaired) electrons. The first-order valence-electron chi connectivity index (χ1n) is 15.4. The van der Waals surface area contributed by atoms with Crippen LogP contribution in [-0.2, 0) is 5.41 Å². The Labute approximate surface area is 235 Å². The van der Waals surface area contributed by atoms with E-state index in [1.165, 1.54) is 44.1 Å². The lowest BCUT2D eigenvalue weighted by Crippen LogP contribution is -2.49. The van der Waals surface area contributed by atoms with Crippen molar-refractivity contribution in [3.63, 3.8) is 0 Å². The van der Waals surface area contributed by atoms with Crippen LogP contribution in [0, 0.1) is 0 Å². The fourth-order valence-electron chi connectivity index (χ4n) is 6.43. The number of hydrogen-bond donors (Lipinski definition) is 1. The van der Waals surface area contributed by atoms with Gasteiger partial charge in [0.2, 0.25) is 5.95 Å². The largest absolute Gasteiger partial charge is 0.356 e. The van der Waals surface area contributed by atoms with Crippen molar-refractivity contribution in [3.05, 3.63) is 47.7 Å². The quantitative estimate of drug-likeness (QED) is 0.531. The van der Waals surface area contributed by atoms with E-state index < -0.39 is 0 Å². The molecule has 212 valence electrons. The van der Waals surface area contributed by atoms with Gasteiger partial charge in [0.1, 0.15) is 5.82 Å². The molecular formula is C32H48N6O. The highest BCUT2D eigenvalue weighted by Gasteiger charge is 2.30. The van der Waals surface area contributed by atoms with Crippen LogP contribution in [0.25, 0.3) is 0 Å². The van der Waals surface area contributed by atoms with Crippen molar-refractivity contribution in [3.8, 4) is 0 Å². The van der Waals surface area contributed by atoms with Gasteiger partial charge in [-0.2, -0.15) is 4.98 Å². The highest BCUT2D eigenvalue weighted by Crippen LogP contribution is 2.26. The number of nitrogens with zero attached hydrogens (tertiary/aromatic N) is 5. The van der Waals surface area contributed by atoms with Crippen molar-refractivity contribution in [2.45, 2.75) is 96.1 Å². The predicted octanol–water partition coefficient (Wildman–Crippen LogP) is 5.73. The standard InChI is InChI=1S/C32H48N6O/c1-32(2,3)26-13-11-25(12-14-26)30(39)37-22-16-28(17-23-37)38-21-9-6-10-27(24-38)34-31-33-18-15-29(35-31)36-19-7-4-5-8-20-36/h11-15,18,27-28H,4-10,16-17,19-24H2,1-3H3,(H,33,34,35). The zero-order valence-corrected chi connectivity index (χ0v) is 24.4. The van der Waals surface area contributed by atoms with E-state index in [1.807, 2.05) is 18.3 Å². The molecule has 3 aliphatic heterocycles. The Morgan fingerprint density at radius 3 is 2.23 bits per heavy atom. The zero-order chi connectivity index (χ0) is 27.2. The molecule has 4 heterocycles. The van der Waals surface area contributed by atoms with E-state index in [1.54, 1.807) is 0 Å². The van der Waals surface area contributed by atoms with E-state index in [0.717, 1.165) is 75.9 Å². The highest BCUT2D eigenvalue weighted by atomic mass is 16.2. The Balaban J connectivity index is 1.15. The van der Waals surface area contributed by atoms with E-state index >= 15 is 0 Å². The number of nitrogens with one attached hydrogen (secondary N) is 1. The molecule has 7 heteroatoms. The summed E-state index contributed by atoms with van der Waals surface area (Å²) in [5.74, 6) is 2.00. The Kier molecular flexibility index (Phi) is 9.06. The first-order chi connectivity index (χ1) is 18.9. The van der Waals surface area contributed by atoms with Gasteiger partial charge in [0.05, 0.1) is 0 Å². The van der Waals surface area contributed by atoms with Gasteiger partial charge >= 0.3 is 0 Å². The molecule has 1 amide bonds. The number of likely N-dealkylation sites (tertiary alicyclic amines) is 2. The summed E-state index contributed by atoms with van der Waals surface area (Å²) in [7, 11) is 0. The smallest absolute Gasteiger partial charge is 0.253 e. The number of amides is 1. The fraction of sp³-hybridized carbons (Fsp3) is 0.656. The van der Waals surface area contributed by atoms with Crippen LogP contribution >= 0.6 is 0 Å². The third-order valence-corrected chi connectivity index (χ3v) is 8.87. The number of rotatable bonds is 5. The van der Waals surface area contributed by atoms with Gasteiger partial charge in [-0.15, -0.1) is 0 Å². The number of aromatic nitrogens is 2. The van der Waals surface area contributed by atoms with Crippen molar-refractivity contribution in [1.29, 1.82) is 0 Å². The van der Waals surface area contributed by atoms with Crippen molar-refractivity contribution in [2.75, 3.05) is 49.5 Å². The van der Waals surface area contributed by atoms with Crippen LogP contribution < -0.4 is 10.2 Å². The lowest BCUT2D eigenvalue weighted by Gasteiger charge is -2.39. The van der Waals surface area contributed by atoms with Crippen LogP contribution in [0.15, 0.2) is 36.5 Å². The summed E-state index contributed by atoms with van der Waals surface area (Å²) in [6.45, 7) is 12.6. The lowest BCUT2D eigenvalue weighted by atomic mass is 9.86. The molecule has 0 bridgehead atoms. The first-order valence-corrected chi connectivity index (χ1v) is 15.4. The van der Waals surface area contributed by atoms with Crippen LogP contribution in [0.4, 0.5) is 11.8 Å². The molecule has 0 spiro atoms. The minimum absolute atomic E-state index is 0.0987. The van der Waals surface area contributed by atoms with Gasteiger partial charge in [0, 0.05) is 56.6 Å². The maximum atomic E-state index is 13.2. The van der Waals surface area contributed by atoms with E-state index in [-0.39, 0.29) is 11.3 Å². The summed E-state index contributed by atoms with van der Waals surface area (Å²) in [4.78, 5) is 29.9. The molecule has 5 rings (SSSR count). The fourth-order valence-corrected chi connectivity index (χ4v) is 6.43. The number of piperidine rings is 1. The Bertz CT molecular complexity index is 1060. The summed E-state index contributed by atoms with van der Waals surface area (Å²) in [5, 5.41) is 3.69. The van der Waals surface area contributed by atoms with Crippen molar-refractivity contribution in [2.24, 2.45) is 0 Å². The van der Waals surface area contributed by atoms with Gasteiger partial charge in [-0.1, -0.05) is 52.2 Å². The Hall–Kier alpha value is -2.67. The number of hydrogen-bond acceptors (Lipinski definition) is 6. The molecule has 39 heavy (non-hydrogen) atoms. The molecule has 1 atom stereocenters. The molecule has 1 aromatic carbocycles. The van der Waals surface area contributed by atoms with Crippen LogP contribution in [0.2, 0.25) is 0 Å². The predicted molar refractivity (Wildman–Crippen MR) is 160 cm³/mol. The van der Waals surface area contributed by atoms with Gasteiger partial charge in [-0.3, -0.25) is 9.69 Å². The second-order valence-electron chi connectivity index (χ2n) is 12.8. The third kappa shape index (κ3) is 7.30. The summed E-state index contributed by atoms with van der Waals surface area (Å²) >= 11 is 0. The average molecular weight is 533 g/mol. The molecule has 1 unspecified atom stereocenters. The van der Waals surface area contributed by atoms with Crippen molar-refractivity contribution < 1.29 is 4.79 Å². The van der Waals surface area contributed by atoms with Gasteiger partial charge in [0.15, 0.2) is 0 Å². The van der Waals surface area contributed by atoms with Crippen LogP contribution in [0.3, 0.4) is 0 Å². The molecule has 3 saturated heterocycles. The van der Waals surface area contributed by atoms with Crippen molar-refractivity contribution in [1.82, 2.24) is 19.8 Å². The number of carbonyl (C=O) groups excluding carboxylic acids is 1. The number of benzene rings is 1. The van der Waals surface area contributed by atoms with E-state index in [9.17, 15) is 4.79 Å². The summed E-state index contributed by atoms with van der Waals surface area (Å²) in [5.41, 5.74) is 2.17. The molecule has 7 nitrogen and oxygen atoms in total. The molecular weight excluding hydrogens is 484 g/mol. The van der Waals surface area contributed by atoms with E-state index in [4.69, 9.17) is 4.98 Å². The summed E-state index contributed by atoms with van der Waals surface area (Å²) < 4.78 is 0. The molecule has 3 fully saturated rings. The number of carbonyl (C=O) groups is 1. The normalized spacial score (nSPS) is 22.3. The van der Waals surface area contributed by atoms with Gasteiger partial charge in [0.25, 0.3) is 5.91 Å². The van der Waals surface area contributed by atoms with E-state index in [2.05, 4.69) is 64.0 Å². The second-order valence-corrected chi connectivity index (χ2v) is 12.8. The van der Waals surface area contributed by atoms with Crippen LogP contribution in [-0.4, -0.2) is 77.0 Å². The zero-order valence-electron chi connectivity index (χ0n) is 24.4. The van der Waals surface area contributed by atoms with Gasteiger partial charge in [-0.25, -0.2) is 4.98 Å². The SMILES string of the molecule is CC(C)(C)c1ccc(C(=O)N2CCC(N3CCCCC(Nc4nccc(N5CCCCCC5)n4)C3)CC2)cc1. The molecule has 0 aliphatic carbocycles. The highest BCUT2D eigenvalue weighted by molar-refractivity contribution is 5.94. The topological polar surface area (TPSA) is 64.6 Å².